The van der Waals surface area contributed by atoms with Crippen molar-refractivity contribution in [1.29, 1.82) is 0 Å². The highest BCUT2D eigenvalue weighted by Gasteiger charge is 2.10. The molecular formula is C14H17BrN2. The van der Waals surface area contributed by atoms with Crippen LogP contribution in [0.5, 0.6) is 0 Å². The second-order valence-corrected chi connectivity index (χ2v) is 5.24. The van der Waals surface area contributed by atoms with E-state index < -0.39 is 0 Å². The van der Waals surface area contributed by atoms with E-state index in [1.807, 2.05) is 6.92 Å². The minimum atomic E-state index is 0.619. The molecule has 0 bridgehead atoms. The van der Waals surface area contributed by atoms with E-state index in [0.29, 0.717) is 5.92 Å². The fourth-order valence-electron chi connectivity index (χ4n) is 1.81. The summed E-state index contributed by atoms with van der Waals surface area (Å²) in [6.07, 6.45) is 1.17. The van der Waals surface area contributed by atoms with E-state index in [2.05, 4.69) is 64.2 Å². The smallest absolute Gasteiger partial charge is 0.107 e. The van der Waals surface area contributed by atoms with Crippen molar-refractivity contribution < 1.29 is 0 Å². The normalized spacial score (nSPS) is 12.7. The molecule has 1 N–H and O–H groups in total. The zero-order valence-electron chi connectivity index (χ0n) is 10.4. The van der Waals surface area contributed by atoms with Crippen molar-refractivity contribution in [1.82, 2.24) is 10.2 Å². The van der Waals surface area contributed by atoms with Crippen LogP contribution in [0.15, 0.2) is 28.7 Å². The minimum absolute atomic E-state index is 0.619. The van der Waals surface area contributed by atoms with Crippen LogP contribution >= 0.6 is 15.9 Å². The first-order valence-corrected chi connectivity index (χ1v) is 6.73. The summed E-state index contributed by atoms with van der Waals surface area (Å²) in [5, 5.41) is 7.30. The number of nitrogens with zero attached hydrogens (tertiary/aromatic N) is 1. The molecule has 1 unspecified atom stereocenters. The van der Waals surface area contributed by atoms with Gasteiger partial charge in [0.1, 0.15) is 5.69 Å². The molecule has 0 saturated carbocycles. The predicted molar refractivity (Wildman–Crippen MR) is 75.2 cm³/mol. The van der Waals surface area contributed by atoms with E-state index in [9.17, 15) is 0 Å². The van der Waals surface area contributed by atoms with Crippen molar-refractivity contribution in [2.75, 3.05) is 0 Å². The van der Waals surface area contributed by atoms with Crippen molar-refractivity contribution in [2.45, 2.75) is 33.1 Å². The van der Waals surface area contributed by atoms with Crippen molar-refractivity contribution >= 4 is 15.9 Å². The van der Waals surface area contributed by atoms with E-state index in [1.165, 1.54) is 12.0 Å². The lowest BCUT2D eigenvalue weighted by Gasteiger charge is -2.09. The van der Waals surface area contributed by atoms with Gasteiger partial charge in [-0.1, -0.05) is 38.1 Å². The van der Waals surface area contributed by atoms with Gasteiger partial charge in [-0.3, -0.25) is 5.10 Å². The maximum atomic E-state index is 4.31. The Bertz CT molecular complexity index is 499. The Kier molecular flexibility index (Phi) is 3.67. The number of H-pyrrole nitrogens is 1. The molecule has 2 rings (SSSR count). The first-order chi connectivity index (χ1) is 8.13. The van der Waals surface area contributed by atoms with Crippen molar-refractivity contribution in [2.24, 2.45) is 0 Å². The molecule has 0 spiro atoms. The van der Waals surface area contributed by atoms with Gasteiger partial charge in [-0.2, -0.15) is 5.10 Å². The Morgan fingerprint density at radius 1 is 1.29 bits per heavy atom. The zero-order chi connectivity index (χ0) is 12.4. The van der Waals surface area contributed by atoms with E-state index >= 15 is 0 Å². The number of hydrogen-bond acceptors (Lipinski definition) is 1. The number of hydrogen-bond donors (Lipinski definition) is 1. The first-order valence-electron chi connectivity index (χ1n) is 5.94. The highest BCUT2D eigenvalue weighted by atomic mass is 79.9. The average molecular weight is 293 g/mol. The van der Waals surface area contributed by atoms with E-state index in [0.717, 1.165) is 21.4 Å². The lowest BCUT2D eigenvalue weighted by Crippen LogP contribution is -1.90. The fraction of sp³-hybridized carbons (Fsp3) is 0.357. The number of aryl methyl sites for hydroxylation is 1. The second kappa shape index (κ2) is 5.05. The molecule has 0 fully saturated rings. The van der Waals surface area contributed by atoms with Gasteiger partial charge in [-0.15, -0.1) is 0 Å². The van der Waals surface area contributed by atoms with E-state index in [1.54, 1.807) is 0 Å². The molecule has 1 atom stereocenters. The molecule has 90 valence electrons. The van der Waals surface area contributed by atoms with Gasteiger partial charge in [0.05, 0.1) is 4.47 Å². The van der Waals surface area contributed by atoms with E-state index in [4.69, 9.17) is 0 Å². The third kappa shape index (κ3) is 2.44. The molecule has 0 aliphatic rings. The van der Waals surface area contributed by atoms with Gasteiger partial charge in [-0.25, -0.2) is 0 Å². The molecule has 0 saturated heterocycles. The number of aromatic nitrogens is 2. The monoisotopic (exact) mass is 292 g/mol. The van der Waals surface area contributed by atoms with Gasteiger partial charge in [-0.05, 0) is 40.8 Å². The third-order valence-electron chi connectivity index (χ3n) is 3.24. The van der Waals surface area contributed by atoms with Gasteiger partial charge in [0.15, 0.2) is 0 Å². The maximum Gasteiger partial charge on any atom is 0.107 e. The van der Waals surface area contributed by atoms with Crippen LogP contribution in [0.1, 0.15) is 37.4 Å². The highest BCUT2D eigenvalue weighted by Crippen LogP contribution is 2.29. The molecule has 3 heteroatoms. The van der Waals surface area contributed by atoms with Gasteiger partial charge in [0.2, 0.25) is 0 Å². The first kappa shape index (κ1) is 12.4. The topological polar surface area (TPSA) is 28.7 Å². The summed E-state index contributed by atoms with van der Waals surface area (Å²) in [6.45, 7) is 6.48. The summed E-state index contributed by atoms with van der Waals surface area (Å²) >= 11 is 3.55. The van der Waals surface area contributed by atoms with Crippen LogP contribution in [0.3, 0.4) is 0 Å². The Labute approximate surface area is 111 Å². The maximum absolute atomic E-state index is 4.31. The molecule has 0 aliphatic carbocycles. The molecule has 2 nitrogen and oxygen atoms in total. The van der Waals surface area contributed by atoms with Gasteiger partial charge < -0.3 is 0 Å². The molecule has 0 aliphatic heterocycles. The zero-order valence-corrected chi connectivity index (χ0v) is 12.0. The van der Waals surface area contributed by atoms with Crippen molar-refractivity contribution in [3.63, 3.8) is 0 Å². The van der Waals surface area contributed by atoms with Crippen molar-refractivity contribution in [3.8, 4) is 11.3 Å². The van der Waals surface area contributed by atoms with E-state index in [-0.39, 0.29) is 0 Å². The second-order valence-electron chi connectivity index (χ2n) is 4.44. The molecule has 0 radical (unpaired) electrons. The van der Waals surface area contributed by atoms with Gasteiger partial charge >= 0.3 is 0 Å². The van der Waals surface area contributed by atoms with Crippen LogP contribution in [-0.2, 0) is 0 Å². The van der Waals surface area contributed by atoms with Crippen LogP contribution < -0.4 is 0 Å². The number of nitrogens with one attached hydrogen (secondary N) is 1. The van der Waals surface area contributed by atoms with Gasteiger partial charge in [0, 0.05) is 11.3 Å². The Morgan fingerprint density at radius 3 is 2.41 bits per heavy atom. The molecule has 2 aromatic rings. The number of halogens is 1. The van der Waals surface area contributed by atoms with Crippen LogP contribution in [0.25, 0.3) is 11.3 Å². The average Bonchev–Trinajstić information content (AvgIpc) is 2.69. The number of rotatable bonds is 3. The summed E-state index contributed by atoms with van der Waals surface area (Å²) in [5.74, 6) is 0.619. The standard InChI is InChI=1S/C14H17BrN2/c1-4-9(2)11-5-7-12(8-6-11)14-13(15)10(3)16-17-14/h5-9H,4H2,1-3H3,(H,16,17). The molecule has 17 heavy (non-hydrogen) atoms. The molecular weight excluding hydrogens is 276 g/mol. The SMILES string of the molecule is CCC(C)c1ccc(-c2n[nH]c(C)c2Br)cc1. The Morgan fingerprint density at radius 2 is 1.94 bits per heavy atom. The molecule has 1 aromatic carbocycles. The lowest BCUT2D eigenvalue weighted by atomic mass is 9.97. The fourth-order valence-corrected chi connectivity index (χ4v) is 2.22. The van der Waals surface area contributed by atoms with Crippen LogP contribution in [0, 0.1) is 6.92 Å². The lowest BCUT2D eigenvalue weighted by molar-refractivity contribution is 0.734. The number of benzene rings is 1. The molecule has 0 amide bonds. The Hall–Kier alpha value is -1.09. The van der Waals surface area contributed by atoms with Crippen LogP contribution in [0.2, 0.25) is 0 Å². The quantitative estimate of drug-likeness (QED) is 0.876. The Balaban J connectivity index is 2.32. The van der Waals surface area contributed by atoms with Crippen LogP contribution in [-0.4, -0.2) is 10.2 Å². The van der Waals surface area contributed by atoms with Crippen molar-refractivity contribution in [3.05, 3.63) is 40.0 Å². The minimum Gasteiger partial charge on any atom is -0.281 e. The molecule has 1 heterocycles. The number of aromatic amines is 1. The highest BCUT2D eigenvalue weighted by molar-refractivity contribution is 9.10. The largest absolute Gasteiger partial charge is 0.281 e. The predicted octanol–water partition coefficient (Wildman–Crippen LogP) is 4.66. The third-order valence-corrected chi connectivity index (χ3v) is 4.21. The van der Waals surface area contributed by atoms with Crippen LogP contribution in [0.4, 0.5) is 0 Å². The summed E-state index contributed by atoms with van der Waals surface area (Å²) < 4.78 is 1.05. The van der Waals surface area contributed by atoms with Gasteiger partial charge in [0.25, 0.3) is 0 Å². The summed E-state index contributed by atoms with van der Waals surface area (Å²) in [5.41, 5.74) is 4.58. The summed E-state index contributed by atoms with van der Waals surface area (Å²) in [6, 6.07) is 8.67. The summed E-state index contributed by atoms with van der Waals surface area (Å²) in [4.78, 5) is 0. The molecule has 1 aromatic heterocycles. The summed E-state index contributed by atoms with van der Waals surface area (Å²) in [7, 11) is 0.